The normalized spacial score (nSPS) is 12.3. The molecule has 4 nitrogen and oxygen atoms in total. The van der Waals surface area contributed by atoms with Crippen LogP contribution in [0.15, 0.2) is 46.0 Å². The Labute approximate surface area is 145 Å². The quantitative estimate of drug-likeness (QED) is 0.669. The van der Waals surface area contributed by atoms with Crippen LogP contribution in [0.2, 0.25) is 0 Å². The van der Waals surface area contributed by atoms with E-state index in [2.05, 4.69) is 46.5 Å². The monoisotopic (exact) mass is 357 g/mol. The predicted octanol–water partition coefficient (Wildman–Crippen LogP) is -0.0848. The highest BCUT2D eigenvalue weighted by molar-refractivity contribution is 7.99. The zero-order valence-electron chi connectivity index (χ0n) is 12.4. The van der Waals surface area contributed by atoms with Crippen LogP contribution >= 0.6 is 23.5 Å². The molecule has 0 spiro atoms. The second-order valence-electron chi connectivity index (χ2n) is 4.51. The van der Waals surface area contributed by atoms with Crippen LogP contribution in [0.5, 0.6) is 0 Å². The molecule has 1 aromatic carbocycles. The van der Waals surface area contributed by atoms with Crippen molar-refractivity contribution in [3.63, 3.8) is 0 Å². The van der Waals surface area contributed by atoms with Gasteiger partial charge in [0, 0.05) is 12.2 Å². The first kappa shape index (κ1) is 19.1. The molecule has 0 fully saturated rings. The topological polar surface area (TPSA) is 66.6 Å². The highest BCUT2D eigenvalue weighted by Crippen LogP contribution is 2.20. The maximum absolute atomic E-state index is 5.63. The molecule has 2 rings (SSSR count). The molecule has 0 unspecified atom stereocenters. The van der Waals surface area contributed by atoms with Crippen LogP contribution in [0.25, 0.3) is 6.08 Å². The standard InChI is InChI=1S/C15H19N3OS2.ClH/c1-20-11-9-13(16)14-17-18-15(19-14)21-10-5-8-12-6-3-2-4-7-12;/h2-8,13H,9-11,16H2,1H3;1H/b8-5+;/t13-;/m0./s1. The fraction of sp³-hybridized carbons (Fsp3) is 0.333. The Morgan fingerprint density at radius 2 is 2.05 bits per heavy atom. The second kappa shape index (κ2) is 10.7. The molecule has 0 saturated carbocycles. The van der Waals surface area contributed by atoms with Crippen molar-refractivity contribution >= 4 is 29.6 Å². The summed E-state index contributed by atoms with van der Waals surface area (Å²) in [5, 5.41) is 8.74. The summed E-state index contributed by atoms with van der Waals surface area (Å²) in [6, 6.07) is 10.3. The summed E-state index contributed by atoms with van der Waals surface area (Å²) in [6.07, 6.45) is 7.23. The molecule has 0 aliphatic rings. The van der Waals surface area contributed by atoms with Crippen molar-refractivity contribution in [2.24, 2.45) is 0 Å². The summed E-state index contributed by atoms with van der Waals surface area (Å²) in [7, 11) is 0. The summed E-state index contributed by atoms with van der Waals surface area (Å²) in [6.45, 7) is 0. The van der Waals surface area contributed by atoms with Crippen molar-refractivity contribution in [2.45, 2.75) is 17.7 Å². The number of benzene rings is 1. The highest BCUT2D eigenvalue weighted by atomic mass is 35.5. The molecule has 0 amide bonds. The van der Waals surface area contributed by atoms with Crippen molar-refractivity contribution in [1.82, 2.24) is 10.2 Å². The number of aromatic nitrogens is 2. The Kier molecular flexibility index (Phi) is 9.31. The SMILES string of the molecule is CSCC[C@H]([NH3+])c1nnc(SC/C=C/c2ccccc2)o1.[Cl-]. The number of halogens is 1. The third-order valence-electron chi connectivity index (χ3n) is 2.85. The van der Waals surface area contributed by atoms with Gasteiger partial charge in [0.1, 0.15) is 0 Å². The fourth-order valence-electron chi connectivity index (χ4n) is 1.70. The number of hydrogen-bond donors (Lipinski definition) is 1. The van der Waals surface area contributed by atoms with E-state index < -0.39 is 0 Å². The minimum Gasteiger partial charge on any atom is -1.00 e. The zero-order valence-corrected chi connectivity index (χ0v) is 14.8. The maximum Gasteiger partial charge on any atom is 0.277 e. The molecule has 0 aliphatic carbocycles. The third-order valence-corrected chi connectivity index (χ3v) is 4.27. The van der Waals surface area contributed by atoms with E-state index in [1.54, 1.807) is 23.5 Å². The van der Waals surface area contributed by atoms with E-state index >= 15 is 0 Å². The number of quaternary nitrogens is 1. The Morgan fingerprint density at radius 1 is 1.27 bits per heavy atom. The molecular formula is C15H20ClN3OS2. The van der Waals surface area contributed by atoms with Crippen LogP contribution in [-0.4, -0.2) is 28.0 Å². The Bertz CT molecular complexity index is 563. The fourth-order valence-corrected chi connectivity index (χ4v) is 2.79. The van der Waals surface area contributed by atoms with E-state index in [9.17, 15) is 0 Å². The molecule has 2 aromatic rings. The predicted molar refractivity (Wildman–Crippen MR) is 89.1 cm³/mol. The Morgan fingerprint density at radius 3 is 2.77 bits per heavy atom. The van der Waals surface area contributed by atoms with Crippen LogP contribution in [0.4, 0.5) is 0 Å². The number of hydrogen-bond acceptors (Lipinski definition) is 5. The van der Waals surface area contributed by atoms with Gasteiger partial charge < -0.3 is 22.6 Å². The first-order valence-electron chi connectivity index (χ1n) is 6.79. The smallest absolute Gasteiger partial charge is 0.277 e. The first-order chi connectivity index (χ1) is 10.3. The molecule has 0 bridgehead atoms. The summed E-state index contributed by atoms with van der Waals surface area (Å²) in [4.78, 5) is 0. The van der Waals surface area contributed by atoms with E-state index in [0.717, 1.165) is 17.9 Å². The van der Waals surface area contributed by atoms with Crippen LogP contribution in [0.1, 0.15) is 23.9 Å². The number of rotatable bonds is 8. The van der Waals surface area contributed by atoms with Gasteiger partial charge in [-0.2, -0.15) is 11.8 Å². The Hall–Kier alpha value is -0.950. The summed E-state index contributed by atoms with van der Waals surface area (Å²) >= 11 is 3.34. The molecule has 22 heavy (non-hydrogen) atoms. The van der Waals surface area contributed by atoms with E-state index in [4.69, 9.17) is 4.42 Å². The van der Waals surface area contributed by atoms with Gasteiger partial charge in [0.15, 0.2) is 6.04 Å². The van der Waals surface area contributed by atoms with Gasteiger partial charge >= 0.3 is 0 Å². The van der Waals surface area contributed by atoms with Gasteiger partial charge in [0.05, 0.1) is 0 Å². The van der Waals surface area contributed by atoms with Gasteiger partial charge in [-0.25, -0.2) is 0 Å². The van der Waals surface area contributed by atoms with Crippen LogP contribution < -0.4 is 18.1 Å². The largest absolute Gasteiger partial charge is 1.00 e. The zero-order chi connectivity index (χ0) is 14.9. The number of nitrogens with zero attached hydrogens (tertiary/aromatic N) is 2. The lowest BCUT2D eigenvalue weighted by molar-refractivity contribution is -0.432. The Balaban J connectivity index is 0.00000242. The lowest BCUT2D eigenvalue weighted by Gasteiger charge is -2.00. The van der Waals surface area contributed by atoms with Crippen molar-refractivity contribution in [2.75, 3.05) is 17.8 Å². The molecule has 3 N–H and O–H groups in total. The minimum absolute atomic E-state index is 0. The maximum atomic E-state index is 5.63. The lowest BCUT2D eigenvalue weighted by atomic mass is 10.2. The summed E-state index contributed by atoms with van der Waals surface area (Å²) in [5.41, 5.74) is 5.26. The second-order valence-corrected chi connectivity index (χ2v) is 6.47. The third kappa shape index (κ3) is 6.44. The molecule has 1 aromatic heterocycles. The van der Waals surface area contributed by atoms with E-state index in [1.807, 2.05) is 18.2 Å². The molecule has 1 heterocycles. The van der Waals surface area contributed by atoms with E-state index in [1.165, 1.54) is 5.56 Å². The van der Waals surface area contributed by atoms with Gasteiger partial charge in [-0.1, -0.05) is 54.2 Å². The molecule has 7 heteroatoms. The molecule has 120 valence electrons. The average Bonchev–Trinajstić information content (AvgIpc) is 2.99. The minimum atomic E-state index is 0. The molecule has 0 saturated heterocycles. The van der Waals surface area contributed by atoms with Crippen LogP contribution in [0, 0.1) is 0 Å². The molecular weight excluding hydrogens is 338 g/mol. The number of thioether (sulfide) groups is 2. The van der Waals surface area contributed by atoms with Crippen LogP contribution in [0.3, 0.4) is 0 Å². The summed E-state index contributed by atoms with van der Waals surface area (Å²) in [5.74, 6) is 2.50. The van der Waals surface area contributed by atoms with Gasteiger partial charge in [0.2, 0.25) is 0 Å². The van der Waals surface area contributed by atoms with Gasteiger partial charge in [0.25, 0.3) is 11.1 Å². The first-order valence-corrected chi connectivity index (χ1v) is 9.17. The van der Waals surface area contributed by atoms with Crippen molar-refractivity contribution in [3.8, 4) is 0 Å². The van der Waals surface area contributed by atoms with Gasteiger partial charge in [-0.15, -0.1) is 10.2 Å². The molecule has 0 aliphatic heterocycles. The van der Waals surface area contributed by atoms with E-state index in [0.29, 0.717) is 11.1 Å². The van der Waals surface area contributed by atoms with Gasteiger partial charge in [-0.05, 0) is 17.6 Å². The van der Waals surface area contributed by atoms with Crippen molar-refractivity contribution < 1.29 is 22.6 Å². The van der Waals surface area contributed by atoms with Crippen molar-refractivity contribution in [3.05, 3.63) is 47.9 Å². The molecule has 0 radical (unpaired) electrons. The highest BCUT2D eigenvalue weighted by Gasteiger charge is 2.17. The average molecular weight is 358 g/mol. The van der Waals surface area contributed by atoms with Crippen LogP contribution in [-0.2, 0) is 0 Å². The summed E-state index contributed by atoms with van der Waals surface area (Å²) < 4.78 is 5.63. The molecule has 1 atom stereocenters. The van der Waals surface area contributed by atoms with E-state index in [-0.39, 0.29) is 18.4 Å². The van der Waals surface area contributed by atoms with Gasteiger partial charge in [-0.3, -0.25) is 0 Å². The lowest BCUT2D eigenvalue weighted by Crippen LogP contribution is -3.00. The van der Waals surface area contributed by atoms with Crippen molar-refractivity contribution in [1.29, 1.82) is 0 Å².